The molecule has 0 bridgehead atoms. The molecule has 0 unspecified atom stereocenters. The molecule has 11 heteroatoms. The first-order valence-electron chi connectivity index (χ1n) is 9.09. The van der Waals surface area contributed by atoms with Crippen LogP contribution in [0.25, 0.3) is 0 Å². The van der Waals surface area contributed by atoms with E-state index in [4.69, 9.17) is 0 Å². The molecule has 0 saturated heterocycles. The number of hydrogen-bond acceptors (Lipinski definition) is 7. The van der Waals surface area contributed by atoms with Gasteiger partial charge in [-0.25, -0.2) is 18.2 Å². The molecule has 0 fully saturated rings. The molecule has 0 radical (unpaired) electrons. The number of carboxylic acid groups (broad SMARTS) is 1. The highest BCUT2D eigenvalue weighted by Crippen LogP contribution is 2.40. The largest absolute Gasteiger partial charge is 0.465 e. The van der Waals surface area contributed by atoms with E-state index in [0.29, 0.717) is 11.4 Å². The van der Waals surface area contributed by atoms with Crippen molar-refractivity contribution in [1.82, 2.24) is 20.2 Å². The van der Waals surface area contributed by atoms with Gasteiger partial charge in [0.1, 0.15) is 0 Å². The number of aromatic nitrogens is 2. The molecule has 0 aliphatic carbocycles. The van der Waals surface area contributed by atoms with Gasteiger partial charge in [-0.15, -0.1) is 11.3 Å². The van der Waals surface area contributed by atoms with E-state index in [1.807, 2.05) is 13.8 Å². The minimum absolute atomic E-state index is 0.00381. The van der Waals surface area contributed by atoms with Gasteiger partial charge in [0.2, 0.25) is 0 Å². The third-order valence-corrected chi connectivity index (χ3v) is 7.47. The molecule has 156 valence electrons. The van der Waals surface area contributed by atoms with E-state index >= 15 is 0 Å². The summed E-state index contributed by atoms with van der Waals surface area (Å²) >= 11 is 1.19. The average molecular weight is 439 g/mol. The van der Waals surface area contributed by atoms with Crippen molar-refractivity contribution in [2.24, 2.45) is 5.92 Å². The molecule has 1 aliphatic rings. The maximum absolute atomic E-state index is 12.5. The van der Waals surface area contributed by atoms with Gasteiger partial charge in [0.15, 0.2) is 14.8 Å². The molecular weight excluding hydrogens is 416 g/mol. The van der Waals surface area contributed by atoms with E-state index in [2.05, 4.69) is 15.3 Å². The van der Waals surface area contributed by atoms with E-state index in [-0.39, 0.29) is 46.6 Å². The molecule has 2 aromatic rings. The predicted octanol–water partition coefficient (Wildman–Crippen LogP) is 2.45. The molecule has 2 aromatic heterocycles. The summed E-state index contributed by atoms with van der Waals surface area (Å²) in [4.78, 5) is 34.7. The number of sulfone groups is 1. The fourth-order valence-corrected chi connectivity index (χ4v) is 5.02. The van der Waals surface area contributed by atoms with Gasteiger partial charge < -0.3 is 10.4 Å². The Morgan fingerprint density at radius 2 is 2.10 bits per heavy atom. The van der Waals surface area contributed by atoms with Gasteiger partial charge in [0.25, 0.3) is 5.91 Å². The van der Waals surface area contributed by atoms with E-state index in [1.54, 1.807) is 13.0 Å². The van der Waals surface area contributed by atoms with Gasteiger partial charge >= 0.3 is 6.09 Å². The summed E-state index contributed by atoms with van der Waals surface area (Å²) in [5.41, 5.74) is 1.17. The SMILES string of the molecule is CCS(=O)(=O)c1ccc(CNC(=O)c2nc3c(s2)CN(C(=O)O)[C@H]3C(C)C)nc1. The van der Waals surface area contributed by atoms with Crippen molar-refractivity contribution in [2.45, 2.75) is 44.8 Å². The van der Waals surface area contributed by atoms with Crippen molar-refractivity contribution in [2.75, 3.05) is 5.75 Å². The lowest BCUT2D eigenvalue weighted by Crippen LogP contribution is -2.31. The summed E-state index contributed by atoms with van der Waals surface area (Å²) in [6.45, 7) is 5.76. The van der Waals surface area contributed by atoms with Gasteiger partial charge in [-0.05, 0) is 18.1 Å². The van der Waals surface area contributed by atoms with Crippen LogP contribution in [0.1, 0.15) is 52.9 Å². The van der Waals surface area contributed by atoms with E-state index in [0.717, 1.165) is 4.88 Å². The second-order valence-electron chi connectivity index (χ2n) is 7.00. The Bertz CT molecular complexity index is 1030. The zero-order valence-corrected chi connectivity index (χ0v) is 17.9. The normalized spacial score (nSPS) is 16.1. The molecular formula is C18H22N4O5S2. The molecule has 3 rings (SSSR count). The molecule has 0 aromatic carbocycles. The van der Waals surface area contributed by atoms with E-state index in [9.17, 15) is 23.1 Å². The van der Waals surface area contributed by atoms with Crippen LogP contribution in [0, 0.1) is 5.92 Å². The lowest BCUT2D eigenvalue weighted by Gasteiger charge is -2.24. The number of nitrogens with one attached hydrogen (secondary N) is 1. The van der Waals surface area contributed by atoms with Crippen LogP contribution in [-0.2, 0) is 22.9 Å². The molecule has 2 N–H and O–H groups in total. The topological polar surface area (TPSA) is 130 Å². The number of carbonyl (C=O) groups excluding carboxylic acids is 1. The van der Waals surface area contributed by atoms with Gasteiger partial charge in [-0.1, -0.05) is 20.8 Å². The number of nitrogens with zero attached hydrogens (tertiary/aromatic N) is 3. The van der Waals surface area contributed by atoms with E-state index < -0.39 is 15.9 Å². The van der Waals surface area contributed by atoms with Crippen molar-refractivity contribution in [3.63, 3.8) is 0 Å². The molecule has 9 nitrogen and oxygen atoms in total. The number of rotatable bonds is 6. The van der Waals surface area contributed by atoms with Crippen molar-refractivity contribution in [3.05, 3.63) is 39.6 Å². The summed E-state index contributed by atoms with van der Waals surface area (Å²) in [7, 11) is -3.31. The Kier molecular flexibility index (Phi) is 5.90. The van der Waals surface area contributed by atoms with Crippen LogP contribution in [0.4, 0.5) is 4.79 Å². The molecule has 0 spiro atoms. The first kappa shape index (κ1) is 21.2. The standard InChI is InChI=1S/C18H22N4O5S2/c1-4-29(26,27)12-6-5-11(19-8-12)7-20-16(23)17-21-14-13(28-17)9-22(18(24)25)15(14)10(2)3/h5-6,8,10,15H,4,7,9H2,1-3H3,(H,20,23)(H,24,25)/t15-/m0/s1. The van der Waals surface area contributed by atoms with Crippen molar-refractivity contribution in [1.29, 1.82) is 0 Å². The molecule has 3 heterocycles. The summed E-state index contributed by atoms with van der Waals surface area (Å²) in [5.74, 6) is -0.343. The van der Waals surface area contributed by atoms with Gasteiger partial charge in [0, 0.05) is 6.20 Å². The summed E-state index contributed by atoms with van der Waals surface area (Å²) in [6, 6.07) is 2.67. The molecule has 0 saturated carbocycles. The minimum atomic E-state index is -3.31. The zero-order valence-electron chi connectivity index (χ0n) is 16.2. The number of carbonyl (C=O) groups is 2. The summed E-state index contributed by atoms with van der Waals surface area (Å²) in [5, 5.41) is 12.4. The minimum Gasteiger partial charge on any atom is -0.465 e. The van der Waals surface area contributed by atoms with Crippen LogP contribution < -0.4 is 5.32 Å². The van der Waals surface area contributed by atoms with Crippen LogP contribution in [0.3, 0.4) is 0 Å². The number of amides is 2. The number of pyridine rings is 1. The molecule has 29 heavy (non-hydrogen) atoms. The van der Waals surface area contributed by atoms with Gasteiger partial charge in [-0.3, -0.25) is 14.7 Å². The smallest absolute Gasteiger partial charge is 0.408 e. The quantitative estimate of drug-likeness (QED) is 0.708. The summed E-state index contributed by atoms with van der Waals surface area (Å²) in [6.07, 6.45) is 0.283. The highest BCUT2D eigenvalue weighted by molar-refractivity contribution is 7.91. The predicted molar refractivity (Wildman–Crippen MR) is 106 cm³/mol. The van der Waals surface area contributed by atoms with Crippen LogP contribution in [0.2, 0.25) is 0 Å². The molecule has 1 atom stereocenters. The zero-order chi connectivity index (χ0) is 21.3. The third kappa shape index (κ3) is 4.25. The Labute approximate surface area is 172 Å². The Balaban J connectivity index is 1.68. The second-order valence-corrected chi connectivity index (χ2v) is 10.4. The van der Waals surface area contributed by atoms with Gasteiger partial charge in [0.05, 0.1) is 46.0 Å². The van der Waals surface area contributed by atoms with Crippen LogP contribution in [-0.4, -0.2) is 46.1 Å². The Hall–Kier alpha value is -2.53. The lowest BCUT2D eigenvalue weighted by molar-refractivity contribution is 0.0949. The summed E-state index contributed by atoms with van der Waals surface area (Å²) < 4.78 is 23.6. The van der Waals surface area contributed by atoms with Crippen LogP contribution >= 0.6 is 11.3 Å². The monoisotopic (exact) mass is 438 g/mol. The molecule has 2 amide bonds. The maximum atomic E-state index is 12.5. The fraction of sp³-hybridized carbons (Fsp3) is 0.444. The Morgan fingerprint density at radius 1 is 1.38 bits per heavy atom. The van der Waals surface area contributed by atoms with Crippen molar-refractivity contribution < 1.29 is 23.1 Å². The van der Waals surface area contributed by atoms with E-state index in [1.165, 1.54) is 28.5 Å². The fourth-order valence-electron chi connectivity index (χ4n) is 3.18. The third-order valence-electron chi connectivity index (χ3n) is 4.70. The Morgan fingerprint density at radius 3 is 2.66 bits per heavy atom. The first-order chi connectivity index (χ1) is 13.6. The number of thiazole rings is 1. The first-order valence-corrected chi connectivity index (χ1v) is 11.6. The molecule has 1 aliphatic heterocycles. The second kappa shape index (κ2) is 8.07. The average Bonchev–Trinajstić information content (AvgIpc) is 3.24. The highest BCUT2D eigenvalue weighted by Gasteiger charge is 2.39. The number of hydrogen-bond donors (Lipinski definition) is 2. The van der Waals surface area contributed by atoms with Gasteiger partial charge in [-0.2, -0.15) is 0 Å². The van der Waals surface area contributed by atoms with Crippen molar-refractivity contribution in [3.8, 4) is 0 Å². The lowest BCUT2D eigenvalue weighted by atomic mass is 10.0. The van der Waals surface area contributed by atoms with Crippen LogP contribution in [0.15, 0.2) is 23.2 Å². The maximum Gasteiger partial charge on any atom is 0.408 e. The van der Waals surface area contributed by atoms with Crippen LogP contribution in [0.5, 0.6) is 0 Å². The highest BCUT2D eigenvalue weighted by atomic mass is 32.2. The number of fused-ring (bicyclic) bond motifs is 1. The van der Waals surface area contributed by atoms with Crippen molar-refractivity contribution >= 4 is 33.2 Å².